The summed E-state index contributed by atoms with van der Waals surface area (Å²) in [5.41, 5.74) is 1.53. The first kappa shape index (κ1) is 19.5. The Labute approximate surface area is 169 Å². The molecule has 3 aliphatic heterocycles. The minimum absolute atomic E-state index is 0.220. The summed E-state index contributed by atoms with van der Waals surface area (Å²) in [5.74, 6) is 0.935. The number of hydrogen-bond donors (Lipinski definition) is 2. The van der Waals surface area contributed by atoms with Crippen LogP contribution in [0.15, 0.2) is 35.3 Å². The zero-order valence-electron chi connectivity index (χ0n) is 17.2. The molecule has 0 aromatic heterocycles. The molecule has 1 aromatic rings. The van der Waals surface area contributed by atoms with Gasteiger partial charge in [-0.15, -0.1) is 0 Å². The lowest BCUT2D eigenvalue weighted by molar-refractivity contribution is -0.0164. The van der Waals surface area contributed by atoms with E-state index in [2.05, 4.69) is 55.8 Å². The predicted molar refractivity (Wildman–Crippen MR) is 115 cm³/mol. The van der Waals surface area contributed by atoms with Crippen LogP contribution >= 0.6 is 0 Å². The number of nitrogens with zero attached hydrogens (tertiary/aromatic N) is 3. The molecule has 0 radical (unpaired) electrons. The largest absolute Gasteiger partial charge is 0.381 e. The third-order valence-corrected chi connectivity index (χ3v) is 6.66. The van der Waals surface area contributed by atoms with Gasteiger partial charge in [0.05, 0.1) is 0 Å². The zero-order valence-corrected chi connectivity index (χ0v) is 17.2. The van der Waals surface area contributed by atoms with Gasteiger partial charge < -0.3 is 20.3 Å². The molecule has 0 saturated carbocycles. The van der Waals surface area contributed by atoms with Crippen LogP contribution in [0.4, 0.5) is 5.69 Å². The van der Waals surface area contributed by atoms with Gasteiger partial charge >= 0.3 is 0 Å². The number of nitrogens with one attached hydrogen (secondary N) is 2. The van der Waals surface area contributed by atoms with Crippen molar-refractivity contribution in [3.05, 3.63) is 30.3 Å². The smallest absolute Gasteiger partial charge is 0.191 e. The number of ether oxygens (including phenoxy) is 1. The van der Waals surface area contributed by atoms with Gasteiger partial charge in [0.15, 0.2) is 5.96 Å². The first-order valence-corrected chi connectivity index (χ1v) is 10.9. The van der Waals surface area contributed by atoms with Crippen LogP contribution in [-0.4, -0.2) is 75.4 Å². The second kappa shape index (κ2) is 9.14. The van der Waals surface area contributed by atoms with Gasteiger partial charge in [-0.2, -0.15) is 0 Å². The third kappa shape index (κ3) is 4.44. The molecule has 3 heterocycles. The van der Waals surface area contributed by atoms with Gasteiger partial charge in [-0.1, -0.05) is 18.2 Å². The molecule has 154 valence electrons. The summed E-state index contributed by atoms with van der Waals surface area (Å²) >= 11 is 0. The minimum Gasteiger partial charge on any atom is -0.381 e. The van der Waals surface area contributed by atoms with Crippen molar-refractivity contribution in [2.45, 2.75) is 43.7 Å². The molecule has 0 bridgehead atoms. The van der Waals surface area contributed by atoms with E-state index in [1.54, 1.807) is 0 Å². The highest BCUT2D eigenvalue weighted by Crippen LogP contribution is 2.30. The van der Waals surface area contributed by atoms with Crippen molar-refractivity contribution in [2.24, 2.45) is 4.99 Å². The molecule has 6 heteroatoms. The van der Waals surface area contributed by atoms with Gasteiger partial charge in [0.2, 0.25) is 0 Å². The summed E-state index contributed by atoms with van der Waals surface area (Å²) in [6.07, 6.45) is 6.02. The fourth-order valence-corrected chi connectivity index (χ4v) is 4.94. The molecule has 3 fully saturated rings. The van der Waals surface area contributed by atoms with Crippen molar-refractivity contribution in [3.8, 4) is 0 Å². The summed E-state index contributed by atoms with van der Waals surface area (Å²) in [4.78, 5) is 9.67. The van der Waals surface area contributed by atoms with E-state index < -0.39 is 0 Å². The van der Waals surface area contributed by atoms with Crippen LogP contribution in [0.3, 0.4) is 0 Å². The van der Waals surface area contributed by atoms with E-state index in [0.717, 1.165) is 58.1 Å². The van der Waals surface area contributed by atoms with Gasteiger partial charge in [0, 0.05) is 57.2 Å². The Morgan fingerprint density at radius 2 is 1.89 bits per heavy atom. The number of rotatable bonds is 5. The van der Waals surface area contributed by atoms with Crippen LogP contribution in [0.5, 0.6) is 0 Å². The van der Waals surface area contributed by atoms with Crippen LogP contribution in [0.25, 0.3) is 0 Å². The van der Waals surface area contributed by atoms with Gasteiger partial charge in [-0.3, -0.25) is 9.89 Å². The highest BCUT2D eigenvalue weighted by atomic mass is 16.5. The molecular weight excluding hydrogens is 350 g/mol. The number of anilines is 1. The van der Waals surface area contributed by atoms with Crippen LogP contribution in [0.1, 0.15) is 32.1 Å². The molecule has 0 spiro atoms. The second-order valence-corrected chi connectivity index (χ2v) is 8.37. The van der Waals surface area contributed by atoms with Crippen LogP contribution in [-0.2, 0) is 4.74 Å². The van der Waals surface area contributed by atoms with Crippen molar-refractivity contribution in [1.29, 1.82) is 0 Å². The summed E-state index contributed by atoms with van der Waals surface area (Å²) in [5, 5.41) is 7.32. The monoisotopic (exact) mass is 385 g/mol. The average molecular weight is 386 g/mol. The predicted octanol–water partition coefficient (Wildman–Crippen LogP) is 2.08. The molecule has 28 heavy (non-hydrogen) atoms. The first-order valence-electron chi connectivity index (χ1n) is 10.9. The van der Waals surface area contributed by atoms with Crippen LogP contribution < -0.4 is 15.5 Å². The number of guanidine groups is 1. The van der Waals surface area contributed by atoms with Crippen molar-refractivity contribution < 1.29 is 4.74 Å². The lowest BCUT2D eigenvalue weighted by Gasteiger charge is -2.45. The molecule has 2 N–H and O–H groups in total. The van der Waals surface area contributed by atoms with E-state index in [-0.39, 0.29) is 5.54 Å². The third-order valence-electron chi connectivity index (χ3n) is 6.66. The molecule has 3 aliphatic rings. The Morgan fingerprint density at radius 3 is 2.61 bits per heavy atom. The first-order chi connectivity index (χ1) is 13.8. The van der Waals surface area contributed by atoms with Crippen molar-refractivity contribution in [1.82, 2.24) is 15.5 Å². The van der Waals surface area contributed by atoms with E-state index in [1.165, 1.54) is 31.6 Å². The Balaban J connectivity index is 1.32. The van der Waals surface area contributed by atoms with E-state index in [0.29, 0.717) is 6.04 Å². The number of benzene rings is 1. The zero-order chi connectivity index (χ0) is 19.2. The normalized spacial score (nSPS) is 25.8. The number of para-hydroxylation sites is 1. The molecule has 0 amide bonds. The average Bonchev–Trinajstić information content (AvgIpc) is 3.45. The molecular formula is C22H35N5O. The van der Waals surface area contributed by atoms with Crippen LogP contribution in [0, 0.1) is 0 Å². The number of aliphatic imine (C=N–C) groups is 1. The van der Waals surface area contributed by atoms with E-state index in [1.807, 2.05) is 7.05 Å². The Bertz CT molecular complexity index is 638. The molecule has 0 aliphatic carbocycles. The fraction of sp³-hybridized carbons (Fsp3) is 0.682. The summed E-state index contributed by atoms with van der Waals surface area (Å²) in [7, 11) is 1.88. The summed E-state index contributed by atoms with van der Waals surface area (Å²) < 4.78 is 5.67. The molecule has 1 atom stereocenters. The van der Waals surface area contributed by atoms with Gasteiger partial charge in [0.25, 0.3) is 0 Å². The highest BCUT2D eigenvalue weighted by molar-refractivity contribution is 5.80. The van der Waals surface area contributed by atoms with Crippen molar-refractivity contribution >= 4 is 11.6 Å². The quantitative estimate of drug-likeness (QED) is 0.600. The topological polar surface area (TPSA) is 52.1 Å². The summed E-state index contributed by atoms with van der Waals surface area (Å²) in [6.45, 7) is 7.26. The van der Waals surface area contributed by atoms with Gasteiger partial charge in [-0.05, 0) is 57.3 Å². The highest BCUT2D eigenvalue weighted by Gasteiger charge is 2.39. The van der Waals surface area contributed by atoms with Crippen molar-refractivity contribution in [3.63, 3.8) is 0 Å². The van der Waals surface area contributed by atoms with Crippen molar-refractivity contribution in [2.75, 3.05) is 57.9 Å². The van der Waals surface area contributed by atoms with Crippen LogP contribution in [0.2, 0.25) is 0 Å². The second-order valence-electron chi connectivity index (χ2n) is 8.37. The molecule has 1 unspecified atom stereocenters. The maximum atomic E-state index is 5.67. The Kier molecular flexibility index (Phi) is 6.37. The molecule has 6 nitrogen and oxygen atoms in total. The SMILES string of the molecule is CN=C(NCC1(N2CCCC2)CCOCC1)NC1CCN(c2ccccc2)C1. The van der Waals surface area contributed by atoms with E-state index >= 15 is 0 Å². The lowest BCUT2D eigenvalue weighted by Crippen LogP contribution is -2.59. The van der Waals surface area contributed by atoms with E-state index in [4.69, 9.17) is 4.74 Å². The minimum atomic E-state index is 0.220. The number of likely N-dealkylation sites (tertiary alicyclic amines) is 1. The van der Waals surface area contributed by atoms with Gasteiger partial charge in [-0.25, -0.2) is 0 Å². The lowest BCUT2D eigenvalue weighted by atomic mass is 9.88. The standard InChI is InChI=1S/C22H35N5O/c1-23-21(25-19-9-14-26(17-19)20-7-3-2-4-8-20)24-18-22(10-15-28-16-11-22)27-12-5-6-13-27/h2-4,7-8,19H,5-6,9-18H2,1H3,(H2,23,24,25). The molecule has 1 aromatic carbocycles. The Morgan fingerprint density at radius 1 is 1.14 bits per heavy atom. The fourth-order valence-electron chi connectivity index (χ4n) is 4.94. The maximum Gasteiger partial charge on any atom is 0.191 e. The van der Waals surface area contributed by atoms with Gasteiger partial charge in [0.1, 0.15) is 0 Å². The maximum absolute atomic E-state index is 5.67. The molecule has 3 saturated heterocycles. The Hall–Kier alpha value is -1.79. The summed E-state index contributed by atoms with van der Waals surface area (Å²) in [6, 6.07) is 11.1. The molecule has 4 rings (SSSR count). The van der Waals surface area contributed by atoms with E-state index in [9.17, 15) is 0 Å². The number of hydrogen-bond acceptors (Lipinski definition) is 4.